The van der Waals surface area contributed by atoms with Crippen molar-refractivity contribution >= 4 is 11.9 Å². The second-order valence-corrected chi connectivity index (χ2v) is 15.2. The molecule has 0 aromatic carbocycles. The highest BCUT2D eigenvalue weighted by atomic mass is 16.5. The third-order valence-corrected chi connectivity index (χ3v) is 10.3. The third-order valence-electron chi connectivity index (χ3n) is 10.3. The number of hydrogen-bond acceptors (Lipinski definition) is 3. The minimum Gasteiger partial charge on any atom is -0.481 e. The second-order valence-electron chi connectivity index (χ2n) is 15.2. The lowest BCUT2D eigenvalue weighted by Gasteiger charge is -2.16. The Morgan fingerprint density at radius 2 is 0.820 bits per heavy atom. The highest BCUT2D eigenvalue weighted by Crippen LogP contribution is 2.17. The molecule has 1 N–H and O–H groups in total. The zero-order valence-electron chi connectivity index (χ0n) is 33.7. The predicted octanol–water partition coefficient (Wildman–Crippen LogP) is 15.6. The minimum absolute atomic E-state index is 0.0237. The molecule has 0 amide bonds. The van der Waals surface area contributed by atoms with Crippen LogP contribution in [0.4, 0.5) is 0 Å². The van der Waals surface area contributed by atoms with E-state index < -0.39 is 5.97 Å². The van der Waals surface area contributed by atoms with E-state index in [9.17, 15) is 9.59 Å². The van der Waals surface area contributed by atoms with Crippen LogP contribution in [0.5, 0.6) is 0 Å². The van der Waals surface area contributed by atoms with Crippen molar-refractivity contribution in [3.8, 4) is 0 Å². The van der Waals surface area contributed by atoms with Gasteiger partial charge in [-0.15, -0.1) is 0 Å². The molecule has 0 fully saturated rings. The Balaban J connectivity index is 3.40. The van der Waals surface area contributed by atoms with Crippen molar-refractivity contribution in [1.82, 2.24) is 0 Å². The van der Waals surface area contributed by atoms with Crippen LogP contribution in [0.1, 0.15) is 251 Å². The number of aliphatic carboxylic acids is 1. The van der Waals surface area contributed by atoms with Gasteiger partial charge in [0.1, 0.15) is 6.10 Å². The number of allylic oxidation sites excluding steroid dienone is 4. The van der Waals surface area contributed by atoms with Gasteiger partial charge in [-0.3, -0.25) is 9.59 Å². The number of carboxylic acids is 1. The van der Waals surface area contributed by atoms with Gasteiger partial charge in [0, 0.05) is 12.8 Å². The first kappa shape index (κ1) is 48.4. The molecule has 1 atom stereocenters. The summed E-state index contributed by atoms with van der Waals surface area (Å²) in [5.74, 6) is -0.637. The van der Waals surface area contributed by atoms with Crippen molar-refractivity contribution < 1.29 is 19.4 Å². The largest absolute Gasteiger partial charge is 0.481 e. The molecule has 0 saturated heterocycles. The van der Waals surface area contributed by atoms with E-state index >= 15 is 0 Å². The number of esters is 1. The normalized spacial score (nSPS) is 12.4. The maximum absolute atomic E-state index is 12.4. The number of rotatable bonds is 41. The molecule has 0 aromatic heterocycles. The summed E-state index contributed by atoms with van der Waals surface area (Å²) in [6, 6.07) is 0. The van der Waals surface area contributed by atoms with Crippen LogP contribution >= 0.6 is 0 Å². The van der Waals surface area contributed by atoms with Crippen molar-refractivity contribution in [2.24, 2.45) is 0 Å². The van der Waals surface area contributed by atoms with E-state index in [0.29, 0.717) is 12.8 Å². The molecule has 4 nitrogen and oxygen atoms in total. The van der Waals surface area contributed by atoms with Gasteiger partial charge in [0.2, 0.25) is 0 Å². The van der Waals surface area contributed by atoms with Crippen LogP contribution in [0.15, 0.2) is 24.3 Å². The summed E-state index contributed by atoms with van der Waals surface area (Å²) in [7, 11) is 0. The fourth-order valence-electron chi connectivity index (χ4n) is 6.86. The number of carboxylic acid groups (broad SMARTS) is 1. The molecule has 0 heterocycles. The summed E-state index contributed by atoms with van der Waals surface area (Å²) in [5, 5.41) is 8.66. The maximum Gasteiger partial charge on any atom is 0.306 e. The summed E-state index contributed by atoms with van der Waals surface area (Å²) < 4.78 is 5.82. The van der Waals surface area contributed by atoms with Crippen molar-refractivity contribution in [1.29, 1.82) is 0 Å². The van der Waals surface area contributed by atoms with Crippen LogP contribution in [-0.2, 0) is 14.3 Å². The van der Waals surface area contributed by atoms with E-state index in [1.807, 2.05) is 0 Å². The topological polar surface area (TPSA) is 63.6 Å². The Labute approximate surface area is 312 Å². The molecule has 0 saturated carbocycles. The molecule has 294 valence electrons. The molecule has 1 unspecified atom stereocenters. The average Bonchev–Trinajstić information content (AvgIpc) is 3.11. The number of carbonyl (C=O) groups excluding carboxylic acids is 1. The molecule has 0 rings (SSSR count). The molecular weight excluding hydrogens is 617 g/mol. The van der Waals surface area contributed by atoms with E-state index in [4.69, 9.17) is 9.84 Å². The molecular formula is C46H86O4. The molecule has 0 aromatic rings. The zero-order valence-corrected chi connectivity index (χ0v) is 33.7. The Morgan fingerprint density at radius 3 is 1.22 bits per heavy atom. The van der Waals surface area contributed by atoms with Gasteiger partial charge in [0.05, 0.1) is 0 Å². The van der Waals surface area contributed by atoms with Crippen LogP contribution in [0.3, 0.4) is 0 Å². The van der Waals surface area contributed by atoms with E-state index in [1.54, 1.807) is 0 Å². The molecule has 0 aliphatic rings. The molecule has 0 bridgehead atoms. The van der Waals surface area contributed by atoms with Gasteiger partial charge in [-0.2, -0.15) is 0 Å². The SMILES string of the molecule is CCCCC/C=C\C/C=C\CCCCCCCCCCCC(=O)OC(CC)CCCCCCCCCCCCCCCCCCCCC(=O)O. The maximum atomic E-state index is 12.4. The molecule has 50 heavy (non-hydrogen) atoms. The molecule has 4 heteroatoms. The van der Waals surface area contributed by atoms with Gasteiger partial charge in [0.25, 0.3) is 0 Å². The first-order valence-electron chi connectivity index (χ1n) is 22.3. The fraction of sp³-hybridized carbons (Fsp3) is 0.870. The molecule has 0 aliphatic carbocycles. The second kappa shape index (κ2) is 41.8. The van der Waals surface area contributed by atoms with Crippen molar-refractivity contribution in [2.45, 2.75) is 258 Å². The van der Waals surface area contributed by atoms with E-state index in [0.717, 1.165) is 44.9 Å². The Hall–Kier alpha value is -1.58. The van der Waals surface area contributed by atoms with Crippen LogP contribution < -0.4 is 0 Å². The lowest BCUT2D eigenvalue weighted by molar-refractivity contribution is -0.149. The van der Waals surface area contributed by atoms with Gasteiger partial charge < -0.3 is 9.84 Å². The first-order valence-corrected chi connectivity index (χ1v) is 22.3. The average molecular weight is 703 g/mol. The molecule has 0 spiro atoms. The zero-order chi connectivity index (χ0) is 36.4. The van der Waals surface area contributed by atoms with Crippen LogP contribution in [0, 0.1) is 0 Å². The van der Waals surface area contributed by atoms with Gasteiger partial charge in [0.15, 0.2) is 0 Å². The quantitative estimate of drug-likeness (QED) is 0.0391. The van der Waals surface area contributed by atoms with E-state index in [1.165, 1.54) is 180 Å². The number of hydrogen-bond donors (Lipinski definition) is 1. The first-order chi connectivity index (χ1) is 24.6. The van der Waals surface area contributed by atoms with E-state index in [2.05, 4.69) is 38.2 Å². The molecule has 0 radical (unpaired) electrons. The van der Waals surface area contributed by atoms with Gasteiger partial charge in [-0.1, -0.05) is 199 Å². The lowest BCUT2D eigenvalue weighted by Crippen LogP contribution is -2.17. The van der Waals surface area contributed by atoms with Gasteiger partial charge >= 0.3 is 11.9 Å². The van der Waals surface area contributed by atoms with Crippen molar-refractivity contribution in [3.63, 3.8) is 0 Å². The van der Waals surface area contributed by atoms with E-state index in [-0.39, 0.29) is 12.1 Å². The van der Waals surface area contributed by atoms with Crippen molar-refractivity contribution in [3.05, 3.63) is 24.3 Å². The highest BCUT2D eigenvalue weighted by Gasteiger charge is 2.12. The summed E-state index contributed by atoms with van der Waals surface area (Å²) in [5.41, 5.74) is 0. The summed E-state index contributed by atoms with van der Waals surface area (Å²) in [6.07, 6.45) is 54.5. The third kappa shape index (κ3) is 40.8. The standard InChI is InChI=1S/C46H86O4/c1-3-5-6-7-8-9-10-11-12-13-14-19-22-25-28-31-34-37-40-43-46(49)50-44(4-2)41-38-35-32-29-26-23-20-17-15-16-18-21-24-27-30-33-36-39-42-45(47)48/h8-9,11-12,44H,3-7,10,13-43H2,1-2H3,(H,47,48)/b9-8-,12-11-. The summed E-state index contributed by atoms with van der Waals surface area (Å²) in [4.78, 5) is 22.9. The van der Waals surface area contributed by atoms with Gasteiger partial charge in [-0.05, 0) is 64.2 Å². The lowest BCUT2D eigenvalue weighted by atomic mass is 10.0. The Morgan fingerprint density at radius 1 is 0.460 bits per heavy atom. The number of unbranched alkanes of at least 4 members (excludes halogenated alkanes) is 29. The Kier molecular flexibility index (Phi) is 40.5. The van der Waals surface area contributed by atoms with Gasteiger partial charge in [-0.25, -0.2) is 0 Å². The summed E-state index contributed by atoms with van der Waals surface area (Å²) in [6.45, 7) is 4.41. The summed E-state index contributed by atoms with van der Waals surface area (Å²) >= 11 is 0. The van der Waals surface area contributed by atoms with Crippen molar-refractivity contribution in [2.75, 3.05) is 0 Å². The minimum atomic E-state index is -0.660. The van der Waals surface area contributed by atoms with Crippen LogP contribution in [0.2, 0.25) is 0 Å². The number of carbonyl (C=O) groups is 2. The monoisotopic (exact) mass is 703 g/mol. The fourth-order valence-corrected chi connectivity index (χ4v) is 6.86. The van der Waals surface area contributed by atoms with Crippen LogP contribution in [-0.4, -0.2) is 23.1 Å². The number of ether oxygens (including phenoxy) is 1. The Bertz CT molecular complexity index is 757. The smallest absolute Gasteiger partial charge is 0.306 e. The predicted molar refractivity (Wildman–Crippen MR) is 218 cm³/mol. The van der Waals surface area contributed by atoms with Crippen LogP contribution in [0.25, 0.3) is 0 Å². The molecule has 0 aliphatic heterocycles. The highest BCUT2D eigenvalue weighted by molar-refractivity contribution is 5.69.